The van der Waals surface area contributed by atoms with E-state index in [1.807, 2.05) is 0 Å². The molecule has 6 fully saturated rings. The Balaban J connectivity index is 1.01. The first kappa shape index (κ1) is 78.9. The van der Waals surface area contributed by atoms with E-state index in [0.717, 1.165) is 86.7 Å². The first-order valence-electron chi connectivity index (χ1n) is 36.2. The van der Waals surface area contributed by atoms with Crippen LogP contribution in [0.3, 0.4) is 0 Å². The molecule has 5 aromatic rings. The maximum Gasteiger partial charge on any atom is 0.248 e. The predicted octanol–water partition coefficient (Wildman–Crippen LogP) is 1.70. The van der Waals surface area contributed by atoms with Crippen LogP contribution < -0.4 is 68.6 Å². The zero-order chi connectivity index (χ0) is 79.0. The lowest BCUT2D eigenvalue weighted by molar-refractivity contribution is -0.333. The maximum atomic E-state index is 16.3. The van der Waals surface area contributed by atoms with Gasteiger partial charge in [0.1, 0.15) is 95.5 Å². The van der Waals surface area contributed by atoms with Crippen molar-refractivity contribution in [2.75, 3.05) is 6.61 Å². The third kappa shape index (κ3) is 16.0. The number of nitrogens with one attached hydrogen (secondary N) is 7. The number of phenols is 3. The van der Waals surface area contributed by atoms with Crippen molar-refractivity contribution in [3.8, 4) is 57.1 Å². The molecule has 2 saturated heterocycles. The van der Waals surface area contributed by atoms with E-state index in [4.69, 9.17) is 68.8 Å². The van der Waals surface area contributed by atoms with Crippen LogP contribution in [0, 0.1) is 29.6 Å². The third-order valence-corrected chi connectivity index (χ3v) is 22.6. The monoisotopic (exact) mass is 1570 g/mol. The van der Waals surface area contributed by atoms with Gasteiger partial charge in [-0.15, -0.1) is 0 Å². The molecule has 4 saturated carbocycles. The number of hydrogen-bond acceptors (Lipinski definition) is 25. The number of hydrogen-bond donors (Lipinski definition) is 19. The minimum absolute atomic E-state index is 0.0730. The van der Waals surface area contributed by atoms with Gasteiger partial charge in [0.25, 0.3) is 0 Å². The number of fused-ring (bicyclic) bond motifs is 15. The molecule has 4 aliphatic carbocycles. The van der Waals surface area contributed by atoms with E-state index in [1.165, 1.54) is 38.1 Å². The lowest BCUT2D eigenvalue weighted by Gasteiger charge is -2.54. The molecule has 0 radical (unpaired) electrons. The molecule has 18 atom stereocenters. The van der Waals surface area contributed by atoms with Gasteiger partial charge in [-0.2, -0.15) is 0 Å². The van der Waals surface area contributed by atoms with Crippen molar-refractivity contribution in [1.82, 2.24) is 37.2 Å². The van der Waals surface area contributed by atoms with Gasteiger partial charge in [0, 0.05) is 35.2 Å². The number of phenolic OH excluding ortho intramolecular Hbond substituents is 3. The number of halogens is 2. The van der Waals surface area contributed by atoms with Crippen LogP contribution >= 0.6 is 23.2 Å². The van der Waals surface area contributed by atoms with E-state index < -0.39 is 215 Å². The van der Waals surface area contributed by atoms with Crippen molar-refractivity contribution in [3.05, 3.63) is 117 Å². The molecule has 8 amide bonds. The quantitative estimate of drug-likeness (QED) is 0.0797. The highest BCUT2D eigenvalue weighted by Crippen LogP contribution is 2.55. The molecule has 5 aromatic carbocycles. The summed E-state index contributed by atoms with van der Waals surface area (Å²) in [5, 5.41) is 123. The molecule has 0 spiro atoms. The van der Waals surface area contributed by atoms with E-state index >= 15 is 24.0 Å². The van der Waals surface area contributed by atoms with E-state index in [-0.39, 0.29) is 86.5 Å². The van der Waals surface area contributed by atoms with Crippen LogP contribution in [0.5, 0.6) is 46.0 Å². The Morgan fingerprint density at radius 2 is 1.27 bits per heavy atom. The smallest absolute Gasteiger partial charge is 0.248 e. The van der Waals surface area contributed by atoms with Crippen LogP contribution in [0.4, 0.5) is 0 Å². The normalized spacial score (nSPS) is 33.0. The van der Waals surface area contributed by atoms with Gasteiger partial charge in [-0.05, 0) is 164 Å². The number of rotatable bonds is 13. The fourth-order valence-electron chi connectivity index (χ4n) is 16.7. The highest BCUT2D eigenvalue weighted by molar-refractivity contribution is 6.32. The van der Waals surface area contributed by atoms with Crippen LogP contribution in [0.1, 0.15) is 137 Å². The summed E-state index contributed by atoms with van der Waals surface area (Å²) in [6.45, 7) is 5.60. The Kier molecular flexibility index (Phi) is 22.6. The summed E-state index contributed by atoms with van der Waals surface area (Å²) in [6.07, 6.45) is -14.1. The molecular formula is C75H88Cl2N10O23. The summed E-state index contributed by atoms with van der Waals surface area (Å²) < 4.78 is 38.7. The van der Waals surface area contributed by atoms with Crippen molar-refractivity contribution in [1.29, 1.82) is 0 Å². The Hall–Kier alpha value is -9.20. The highest BCUT2D eigenvalue weighted by atomic mass is 35.5. The lowest BCUT2D eigenvalue weighted by atomic mass is 9.54. The van der Waals surface area contributed by atoms with Gasteiger partial charge in [-0.1, -0.05) is 55.2 Å². The van der Waals surface area contributed by atoms with Gasteiger partial charge < -0.3 is 129 Å². The summed E-state index contributed by atoms with van der Waals surface area (Å²) in [5.41, 5.74) is 15.1. The molecule has 0 aromatic heterocycles. The van der Waals surface area contributed by atoms with Gasteiger partial charge in [-0.25, -0.2) is 0 Å². The van der Waals surface area contributed by atoms with Crippen molar-refractivity contribution < 1.29 is 113 Å². The van der Waals surface area contributed by atoms with Crippen LogP contribution in [-0.2, 0) is 52.6 Å². The third-order valence-electron chi connectivity index (χ3n) is 22.0. The van der Waals surface area contributed by atoms with Gasteiger partial charge >= 0.3 is 0 Å². The molecule has 7 aliphatic heterocycles. The first-order chi connectivity index (χ1) is 52.1. The summed E-state index contributed by atoms with van der Waals surface area (Å²) in [6, 6.07) is 0.0744. The number of ether oxygens (including phenoxy) is 6. The summed E-state index contributed by atoms with van der Waals surface area (Å²) in [7, 11) is 0. The molecule has 22 N–H and O–H groups in total. The Labute approximate surface area is 639 Å². The van der Waals surface area contributed by atoms with E-state index in [0.29, 0.717) is 11.8 Å². The number of aliphatic hydroxyl groups is 6. The van der Waals surface area contributed by atoms with E-state index in [1.54, 1.807) is 13.8 Å². The minimum Gasteiger partial charge on any atom is -0.508 e. The van der Waals surface area contributed by atoms with Crippen molar-refractivity contribution in [2.24, 2.45) is 46.8 Å². The average Bonchev–Trinajstić information content (AvgIpc) is 0.758. The number of primary amides is 1. The Morgan fingerprint density at radius 1 is 0.673 bits per heavy atom. The predicted molar refractivity (Wildman–Crippen MR) is 386 cm³/mol. The molecule has 110 heavy (non-hydrogen) atoms. The highest BCUT2D eigenvalue weighted by Gasteiger charge is 2.53. The second-order valence-corrected chi connectivity index (χ2v) is 31.4. The summed E-state index contributed by atoms with van der Waals surface area (Å²) in [5.74, 6) is -13.4. The number of aliphatic hydroxyl groups excluding tert-OH is 6. The summed E-state index contributed by atoms with van der Waals surface area (Å²) in [4.78, 5) is 120. The van der Waals surface area contributed by atoms with Crippen LogP contribution in [0.2, 0.25) is 10.0 Å². The van der Waals surface area contributed by atoms with Crippen molar-refractivity contribution in [3.63, 3.8) is 0 Å². The largest absolute Gasteiger partial charge is 0.508 e. The fourth-order valence-corrected chi connectivity index (χ4v) is 17.2. The molecule has 35 heteroatoms. The standard InChI is InChI=1S/C75H88Cl2N10O23/c1-27(2)11-42(78)67(98)86-58-60(93)32-6-9-46(40(76)18-32)106-48-20-36-21-49(64(48)110-74-65(63(96)62(95)50(26-88)108-74)109-52-25-75(4,80)66(97)28(3)105-52)107-47-10-7-33(19-41(47)77)61(94)59-73(104)85-57(71(102)82-54-34-13-29-12-30(15-34)16-35(54)14-29)39-22-37(89)23-45(91)53(39)38-17-31(5-8-44(38)90)55(69(100)87-59)84-70(101)56(36)83-68(99)43(24-51(79)92)81-72(58)103/h5-10,17-23,27-30,34-35,42-43,50,52,54-63,65-66,74,88-91,93-97H,11-16,24-26,78,80H2,1-4H3,(H2,79,92)(H,81,103)(H,82,102)(H,83,99)(H,84,101)(H,85,104)(H,86,98)(H,87,100)/t28?,29?,30?,34?,35?,42-,43+,50?,52?,54?,55-,56-,57+,58-,59+,60-,61-,62?,63?,65?,66?,74?,75?/m1/s1. The maximum absolute atomic E-state index is 16.3. The number of aromatic hydroxyl groups is 3. The average molecular weight is 1570 g/mol. The number of carbonyl (C=O) groups excluding carboxylic acids is 8. The zero-order valence-electron chi connectivity index (χ0n) is 59.9. The molecule has 16 rings (SSSR count). The Morgan fingerprint density at radius 3 is 1.87 bits per heavy atom. The molecular weight excluding hydrogens is 1480 g/mol. The second kappa shape index (κ2) is 31.5. The fraction of sp³-hybridized carbons (Fsp3) is 0.493. The molecule has 11 aliphatic rings. The molecule has 33 nitrogen and oxygen atoms in total. The van der Waals surface area contributed by atoms with Gasteiger partial charge in [-0.3, -0.25) is 38.4 Å². The second-order valence-electron chi connectivity index (χ2n) is 30.6. The lowest BCUT2D eigenvalue weighted by Crippen LogP contribution is -2.64. The Bertz CT molecular complexity index is 4430. The first-order valence-corrected chi connectivity index (χ1v) is 37.0. The van der Waals surface area contributed by atoms with Crippen molar-refractivity contribution in [2.45, 2.75) is 194 Å². The topological polar surface area (TPSA) is 536 Å². The van der Waals surface area contributed by atoms with Crippen LogP contribution in [-0.4, -0.2) is 185 Å². The van der Waals surface area contributed by atoms with Crippen LogP contribution in [0.25, 0.3) is 11.1 Å². The molecule has 9 unspecified atom stereocenters. The number of nitrogens with two attached hydrogens (primary N) is 3. The van der Waals surface area contributed by atoms with Gasteiger partial charge in [0.05, 0.1) is 41.3 Å². The zero-order valence-corrected chi connectivity index (χ0v) is 61.4. The molecule has 15 bridgehead atoms. The number of carbonyl (C=O) groups is 8. The number of benzene rings is 5. The van der Waals surface area contributed by atoms with Gasteiger partial charge in [0.2, 0.25) is 59.3 Å². The SMILES string of the molecule is CC(C)C[C@@H](N)C(=O)N[C@H]1C(=O)N[C@@H](CC(N)=O)C(=O)N[C@H]2C(=O)N[C@H]3C(=O)N[C@H](C(=O)N[C@H](C(=O)NC4C5CC6CC(C5)CC4C6)c4cc(O)cc(O)c4-c4cc3ccc4O)[C@H](O)c3ccc(c(Cl)c3)Oc3cc2cc(c3OC2OC(CO)C(O)C(O)C2OC2CC(C)(N)C(O)C(C)O2)Oc2ccc(cc2Cl)[C@H]1O. The molecule has 590 valence electrons. The molecule has 7 heterocycles. The van der Waals surface area contributed by atoms with E-state index in [2.05, 4.69) is 37.2 Å². The van der Waals surface area contributed by atoms with Crippen LogP contribution in [0.15, 0.2) is 78.9 Å². The minimum atomic E-state index is -2.33. The van der Waals surface area contributed by atoms with Crippen molar-refractivity contribution >= 4 is 70.5 Å². The number of amides is 8. The van der Waals surface area contributed by atoms with Gasteiger partial charge in [0.15, 0.2) is 23.9 Å². The van der Waals surface area contributed by atoms with E-state index in [9.17, 15) is 60.3 Å². The summed E-state index contributed by atoms with van der Waals surface area (Å²) >= 11 is 14.3.